The number of benzene rings is 3. The van der Waals surface area contributed by atoms with E-state index in [9.17, 15) is 22.8 Å². The minimum atomic E-state index is -5.02. The van der Waals surface area contributed by atoms with E-state index >= 15 is 0 Å². The van der Waals surface area contributed by atoms with Crippen LogP contribution in [-0.2, 0) is 16.4 Å². The molecule has 4 rings (SSSR count). The fourth-order valence-electron chi connectivity index (χ4n) is 3.63. The molecule has 0 amide bonds. The molecule has 196 valence electrons. The number of ether oxygens (including phenoxy) is 2. The highest BCUT2D eigenvalue weighted by atomic mass is 19.4. The van der Waals surface area contributed by atoms with Crippen LogP contribution in [0.3, 0.4) is 0 Å². The van der Waals surface area contributed by atoms with Crippen LogP contribution in [-0.4, -0.2) is 5.97 Å². The lowest BCUT2D eigenvalue weighted by molar-refractivity contribution is -0.154. The number of alkyl halides is 3. The number of rotatable bonds is 5. The summed E-state index contributed by atoms with van der Waals surface area (Å²) in [6.07, 6.45) is -2.28. The quantitative estimate of drug-likeness (QED) is 0.152. The van der Waals surface area contributed by atoms with Gasteiger partial charge in [0.1, 0.15) is 17.1 Å². The van der Waals surface area contributed by atoms with Gasteiger partial charge in [-0.05, 0) is 53.8 Å². The van der Waals surface area contributed by atoms with Crippen molar-refractivity contribution in [1.82, 2.24) is 0 Å². The molecule has 4 aromatic rings. The lowest BCUT2D eigenvalue weighted by Gasteiger charge is -2.19. The van der Waals surface area contributed by atoms with Crippen molar-refractivity contribution in [3.8, 4) is 17.2 Å². The third kappa shape index (κ3) is 6.14. The molecule has 0 saturated carbocycles. The van der Waals surface area contributed by atoms with Crippen LogP contribution in [0.5, 0.6) is 17.2 Å². The highest BCUT2D eigenvalue weighted by Crippen LogP contribution is 2.39. The van der Waals surface area contributed by atoms with Gasteiger partial charge >= 0.3 is 12.1 Å². The first-order valence-electron chi connectivity index (χ1n) is 11.7. The zero-order valence-corrected chi connectivity index (χ0v) is 21.2. The van der Waals surface area contributed by atoms with Crippen molar-refractivity contribution in [2.75, 3.05) is 0 Å². The van der Waals surface area contributed by atoms with Gasteiger partial charge in [-0.25, -0.2) is 4.79 Å². The van der Waals surface area contributed by atoms with Crippen LogP contribution in [0.25, 0.3) is 17.0 Å². The molecule has 0 aliphatic rings. The van der Waals surface area contributed by atoms with Gasteiger partial charge in [-0.1, -0.05) is 62.7 Å². The van der Waals surface area contributed by atoms with Gasteiger partial charge in [-0.2, -0.15) is 13.2 Å². The van der Waals surface area contributed by atoms with E-state index in [2.05, 4.69) is 0 Å². The Labute approximate surface area is 217 Å². The van der Waals surface area contributed by atoms with E-state index in [1.54, 1.807) is 18.2 Å². The molecule has 1 aromatic heterocycles. The van der Waals surface area contributed by atoms with E-state index < -0.39 is 34.7 Å². The average molecular weight is 523 g/mol. The lowest BCUT2D eigenvalue weighted by atomic mass is 9.87. The van der Waals surface area contributed by atoms with Gasteiger partial charge in [0.2, 0.25) is 11.2 Å². The number of halogens is 3. The topological polar surface area (TPSA) is 65.7 Å². The van der Waals surface area contributed by atoms with Gasteiger partial charge in [0, 0.05) is 12.1 Å². The predicted molar refractivity (Wildman–Crippen MR) is 139 cm³/mol. The van der Waals surface area contributed by atoms with Gasteiger partial charge in [0.05, 0.1) is 5.39 Å². The second-order valence-electron chi connectivity index (χ2n) is 9.79. The fourth-order valence-corrected chi connectivity index (χ4v) is 3.63. The predicted octanol–water partition coefficient (Wildman–Crippen LogP) is 7.83. The molecule has 8 heteroatoms. The molecule has 0 aliphatic carbocycles. The molecule has 5 nitrogen and oxygen atoms in total. The lowest BCUT2D eigenvalue weighted by Crippen LogP contribution is -2.16. The Morgan fingerprint density at radius 1 is 0.895 bits per heavy atom. The first kappa shape index (κ1) is 26.7. The molecule has 0 atom stereocenters. The highest BCUT2D eigenvalue weighted by molar-refractivity contribution is 5.89. The number of hydrogen-bond acceptors (Lipinski definition) is 5. The molecule has 0 spiro atoms. The Morgan fingerprint density at radius 3 is 2.13 bits per heavy atom. The first-order valence-corrected chi connectivity index (χ1v) is 11.7. The average Bonchev–Trinajstić information content (AvgIpc) is 2.84. The summed E-state index contributed by atoms with van der Waals surface area (Å²) >= 11 is 0. The molecule has 3 aromatic carbocycles. The fraction of sp³-hybridized carbons (Fsp3) is 0.200. The van der Waals surface area contributed by atoms with Gasteiger partial charge in [0.25, 0.3) is 5.76 Å². The maximum atomic E-state index is 13.9. The molecule has 0 fully saturated rings. The third-order valence-corrected chi connectivity index (χ3v) is 5.73. The number of hydrogen-bond donors (Lipinski definition) is 0. The van der Waals surface area contributed by atoms with Gasteiger partial charge in [-0.3, -0.25) is 4.79 Å². The van der Waals surface area contributed by atoms with Crippen molar-refractivity contribution < 1.29 is 31.9 Å². The number of aryl methyl sites for hydroxylation is 1. The molecule has 0 radical (unpaired) electrons. The SMILES string of the molecule is Cc1ccc(C=CC(=O)Oc2ccc3c(=O)c(Oc4ccc(C(C)(C)C)cc4)c(C(F)(F)F)oc3c2)cc1. The van der Waals surface area contributed by atoms with E-state index in [0.29, 0.717) is 0 Å². The Balaban J connectivity index is 1.64. The standard InChI is InChI=1S/C30H25F3O5/c1-18-5-7-19(8-6-18)9-16-25(34)36-22-14-15-23-24(17-22)38-28(30(31,32)33)27(26(23)35)37-21-12-10-20(11-13-21)29(2,3)4/h5-17H,1-4H3. The second-order valence-corrected chi connectivity index (χ2v) is 9.79. The van der Waals surface area contributed by atoms with Crippen molar-refractivity contribution in [2.24, 2.45) is 0 Å². The first-order chi connectivity index (χ1) is 17.8. The largest absolute Gasteiger partial charge is 0.453 e. The summed E-state index contributed by atoms with van der Waals surface area (Å²) in [6.45, 7) is 7.92. The Morgan fingerprint density at radius 2 is 1.53 bits per heavy atom. The summed E-state index contributed by atoms with van der Waals surface area (Å²) in [6, 6.07) is 17.4. The number of carbonyl (C=O) groups excluding carboxylic acids is 1. The van der Waals surface area contributed by atoms with Crippen LogP contribution in [0.15, 0.2) is 82.0 Å². The van der Waals surface area contributed by atoms with Crippen LogP contribution in [0.1, 0.15) is 43.2 Å². The highest BCUT2D eigenvalue weighted by Gasteiger charge is 2.40. The number of carbonyl (C=O) groups is 1. The Hall–Kier alpha value is -4.33. The van der Waals surface area contributed by atoms with Gasteiger partial charge < -0.3 is 13.9 Å². The number of fused-ring (bicyclic) bond motifs is 1. The van der Waals surface area contributed by atoms with Crippen molar-refractivity contribution in [3.05, 3.63) is 105 Å². The summed E-state index contributed by atoms with van der Waals surface area (Å²) in [4.78, 5) is 25.3. The van der Waals surface area contributed by atoms with Crippen LogP contribution >= 0.6 is 0 Å². The van der Waals surface area contributed by atoms with Crippen molar-refractivity contribution in [2.45, 2.75) is 39.3 Å². The van der Waals surface area contributed by atoms with Crippen molar-refractivity contribution in [3.63, 3.8) is 0 Å². The summed E-state index contributed by atoms with van der Waals surface area (Å²) in [7, 11) is 0. The molecular formula is C30H25F3O5. The molecule has 0 N–H and O–H groups in total. The molecule has 0 bridgehead atoms. The Kier molecular flexibility index (Phi) is 7.18. The normalized spacial score (nSPS) is 12.2. The molecule has 38 heavy (non-hydrogen) atoms. The van der Waals surface area contributed by atoms with Crippen LogP contribution in [0.4, 0.5) is 13.2 Å². The third-order valence-electron chi connectivity index (χ3n) is 5.73. The maximum Gasteiger partial charge on any atom is 0.453 e. The van der Waals surface area contributed by atoms with E-state index in [1.165, 1.54) is 30.3 Å². The summed E-state index contributed by atoms with van der Waals surface area (Å²) in [5.74, 6) is -3.33. The monoisotopic (exact) mass is 522 g/mol. The smallest absolute Gasteiger partial charge is 0.449 e. The molecule has 0 aliphatic heterocycles. The second kappa shape index (κ2) is 10.2. The van der Waals surface area contributed by atoms with Crippen LogP contribution in [0.2, 0.25) is 0 Å². The minimum absolute atomic E-state index is 0.0565. The van der Waals surface area contributed by atoms with E-state index in [-0.39, 0.29) is 22.3 Å². The summed E-state index contributed by atoms with van der Waals surface area (Å²) < 4.78 is 57.3. The van der Waals surface area contributed by atoms with Crippen LogP contribution in [0, 0.1) is 6.92 Å². The number of esters is 1. The summed E-state index contributed by atoms with van der Waals surface area (Å²) in [5.41, 5.74) is 1.21. The van der Waals surface area contributed by atoms with E-state index in [4.69, 9.17) is 13.9 Å². The minimum Gasteiger partial charge on any atom is -0.449 e. The summed E-state index contributed by atoms with van der Waals surface area (Å²) in [5, 5.41) is -0.158. The zero-order valence-electron chi connectivity index (χ0n) is 21.2. The molecule has 1 heterocycles. The van der Waals surface area contributed by atoms with Gasteiger partial charge in [-0.15, -0.1) is 0 Å². The maximum absolute atomic E-state index is 13.9. The van der Waals surface area contributed by atoms with Crippen molar-refractivity contribution >= 4 is 23.0 Å². The van der Waals surface area contributed by atoms with E-state index in [1.807, 2.05) is 52.0 Å². The van der Waals surface area contributed by atoms with Crippen LogP contribution < -0.4 is 14.9 Å². The molecule has 0 saturated heterocycles. The van der Waals surface area contributed by atoms with Gasteiger partial charge in [0.15, 0.2) is 0 Å². The van der Waals surface area contributed by atoms with Crippen molar-refractivity contribution in [1.29, 1.82) is 0 Å². The Bertz CT molecular complexity index is 1560. The molecular weight excluding hydrogens is 497 g/mol. The van der Waals surface area contributed by atoms with E-state index in [0.717, 1.165) is 22.8 Å². The zero-order chi connectivity index (χ0) is 27.7. The molecule has 0 unspecified atom stereocenters.